The normalized spacial score (nSPS) is 15.6. The molecule has 0 radical (unpaired) electrons. The summed E-state index contributed by atoms with van der Waals surface area (Å²) >= 11 is 1.38. The van der Waals surface area contributed by atoms with Crippen LogP contribution in [0.2, 0.25) is 0 Å². The molecule has 0 aliphatic carbocycles. The zero-order chi connectivity index (χ0) is 29.0. The third-order valence-electron chi connectivity index (χ3n) is 5.71. The summed E-state index contributed by atoms with van der Waals surface area (Å²) in [6.45, 7) is 0.966. The van der Waals surface area contributed by atoms with E-state index in [9.17, 15) is 26.4 Å². The van der Waals surface area contributed by atoms with Crippen LogP contribution in [-0.2, 0) is 26.0 Å². The van der Waals surface area contributed by atoms with Crippen LogP contribution in [0.25, 0.3) is 10.8 Å². The van der Waals surface area contributed by atoms with Crippen LogP contribution in [0.3, 0.4) is 0 Å². The predicted molar refractivity (Wildman–Crippen MR) is 139 cm³/mol. The zero-order valence-electron chi connectivity index (χ0n) is 20.5. The molecule has 1 aromatic heterocycles. The topological polar surface area (TPSA) is 163 Å². The number of thiophene rings is 1. The van der Waals surface area contributed by atoms with Crippen molar-refractivity contribution in [2.24, 2.45) is 5.73 Å². The maximum Gasteiger partial charge on any atom is 0.490 e. The first-order valence-electron chi connectivity index (χ1n) is 11.3. The lowest BCUT2D eigenvalue weighted by Crippen LogP contribution is -2.40. The molecule has 0 spiro atoms. The second-order valence-electron chi connectivity index (χ2n) is 8.42. The first kappa shape index (κ1) is 29.9. The molecule has 39 heavy (non-hydrogen) atoms. The van der Waals surface area contributed by atoms with E-state index >= 15 is 0 Å². The van der Waals surface area contributed by atoms with Crippen molar-refractivity contribution in [3.8, 4) is 5.75 Å². The summed E-state index contributed by atoms with van der Waals surface area (Å²) in [6, 6.07) is 13.5. The highest BCUT2D eigenvalue weighted by molar-refractivity contribution is 7.91. The maximum atomic E-state index is 12.9. The number of methoxy groups -OCH3 is 1. The van der Waals surface area contributed by atoms with Crippen LogP contribution in [-0.4, -0.2) is 67.9 Å². The minimum atomic E-state index is -5.08. The number of nitrogens with one attached hydrogen (secondary N) is 2. The van der Waals surface area contributed by atoms with E-state index in [1.165, 1.54) is 11.3 Å². The van der Waals surface area contributed by atoms with Gasteiger partial charge >= 0.3 is 12.1 Å². The van der Waals surface area contributed by atoms with E-state index in [1.54, 1.807) is 42.3 Å². The number of rotatable bonds is 8. The lowest BCUT2D eigenvalue weighted by atomic mass is 10.1. The van der Waals surface area contributed by atoms with Gasteiger partial charge in [-0.2, -0.15) is 13.2 Å². The number of nitrogen functional groups attached to an aromatic ring is 1. The van der Waals surface area contributed by atoms with E-state index in [-0.39, 0.29) is 22.5 Å². The van der Waals surface area contributed by atoms with Gasteiger partial charge in [-0.15, -0.1) is 11.3 Å². The van der Waals surface area contributed by atoms with Gasteiger partial charge in [-0.3, -0.25) is 15.5 Å². The number of halogens is 3. The summed E-state index contributed by atoms with van der Waals surface area (Å²) < 4.78 is 62.7. The summed E-state index contributed by atoms with van der Waals surface area (Å²) in [5.74, 6) is -2.54. The predicted octanol–water partition coefficient (Wildman–Crippen LogP) is 2.95. The minimum Gasteiger partial charge on any atom is -0.497 e. The number of nitrogens with zero attached hydrogens (tertiary/aromatic N) is 1. The Morgan fingerprint density at radius 2 is 1.87 bits per heavy atom. The Bertz CT molecular complexity index is 1490. The van der Waals surface area contributed by atoms with E-state index in [2.05, 4.69) is 5.32 Å². The molecule has 1 fully saturated rings. The number of amidine groups is 1. The molecule has 1 aliphatic heterocycles. The van der Waals surface area contributed by atoms with Gasteiger partial charge in [0, 0.05) is 11.4 Å². The molecule has 5 N–H and O–H groups in total. The summed E-state index contributed by atoms with van der Waals surface area (Å²) in [5.41, 5.74) is 5.50. The van der Waals surface area contributed by atoms with Crippen LogP contribution >= 0.6 is 11.3 Å². The molecule has 1 saturated heterocycles. The number of benzene rings is 2. The van der Waals surface area contributed by atoms with Gasteiger partial charge in [-0.1, -0.05) is 12.1 Å². The van der Waals surface area contributed by atoms with Crippen molar-refractivity contribution in [2.75, 3.05) is 19.5 Å². The Hall–Kier alpha value is -3.69. The average Bonchev–Trinajstić information content (AvgIpc) is 3.49. The molecule has 1 atom stereocenters. The van der Waals surface area contributed by atoms with E-state index in [0.29, 0.717) is 30.1 Å². The number of carboxylic acid groups (broad SMARTS) is 1. The second-order valence-corrected chi connectivity index (χ2v) is 11.6. The highest BCUT2D eigenvalue weighted by Crippen LogP contribution is 2.25. The fraction of sp³-hybridized carbons (Fsp3) is 0.292. The Balaban J connectivity index is 0.000000532. The third kappa shape index (κ3) is 7.68. The molecule has 210 valence electrons. The number of carbonyl (C=O) groups excluding carboxylic acids is 1. The molecule has 1 aliphatic rings. The number of hydrogen-bond donors (Lipinski definition) is 4. The van der Waals surface area contributed by atoms with Crippen LogP contribution in [0.1, 0.15) is 16.2 Å². The van der Waals surface area contributed by atoms with Gasteiger partial charge in [0.2, 0.25) is 5.91 Å². The van der Waals surface area contributed by atoms with E-state index in [0.717, 1.165) is 15.6 Å². The Morgan fingerprint density at radius 1 is 1.21 bits per heavy atom. The second kappa shape index (κ2) is 12.0. The van der Waals surface area contributed by atoms with Crippen molar-refractivity contribution in [3.63, 3.8) is 0 Å². The van der Waals surface area contributed by atoms with Crippen LogP contribution in [0, 0.1) is 5.41 Å². The quantitative estimate of drug-likeness (QED) is 0.231. The molecular weight excluding hydrogens is 561 g/mol. The molecule has 0 saturated carbocycles. The Labute approximate surface area is 225 Å². The minimum absolute atomic E-state index is 0.00545. The van der Waals surface area contributed by atoms with Crippen molar-refractivity contribution >= 4 is 49.7 Å². The number of carboxylic acids is 1. The van der Waals surface area contributed by atoms with Crippen LogP contribution in [0.4, 0.5) is 13.2 Å². The molecule has 2 heterocycles. The lowest BCUT2D eigenvalue weighted by molar-refractivity contribution is -0.192. The van der Waals surface area contributed by atoms with Crippen molar-refractivity contribution in [2.45, 2.75) is 30.1 Å². The van der Waals surface area contributed by atoms with Crippen LogP contribution < -0.4 is 15.8 Å². The highest BCUT2D eigenvalue weighted by Gasteiger charge is 2.38. The van der Waals surface area contributed by atoms with Gasteiger partial charge in [0.25, 0.3) is 0 Å². The Kier molecular flexibility index (Phi) is 9.19. The number of sulfone groups is 1. The molecular formula is C24H25F3N4O6S2. The number of alkyl halides is 3. The van der Waals surface area contributed by atoms with E-state index in [4.69, 9.17) is 25.8 Å². The summed E-state index contributed by atoms with van der Waals surface area (Å²) in [5, 5.41) is 19.2. The van der Waals surface area contributed by atoms with Gasteiger partial charge in [0.15, 0.2) is 9.84 Å². The number of ether oxygens (including phenoxy) is 1. The molecule has 1 amide bonds. The van der Waals surface area contributed by atoms with Gasteiger partial charge in [0.1, 0.15) is 17.5 Å². The number of fused-ring (bicyclic) bond motifs is 1. The van der Waals surface area contributed by atoms with Gasteiger partial charge in [-0.05, 0) is 53.6 Å². The van der Waals surface area contributed by atoms with Gasteiger partial charge in [0.05, 0.1) is 29.5 Å². The molecule has 15 heteroatoms. The summed E-state index contributed by atoms with van der Waals surface area (Å²) in [6.07, 6.45) is -4.55. The maximum absolute atomic E-state index is 12.9. The summed E-state index contributed by atoms with van der Waals surface area (Å²) in [7, 11) is -2.06. The highest BCUT2D eigenvalue weighted by atomic mass is 32.2. The SMILES string of the molecule is COc1ccc2ccc(S(=O)(=O)CNC3CCN(Cc4ccc(C(=N)N)s4)C3=O)cc2c1.O=C(O)C(F)(F)F. The fourth-order valence-corrected chi connectivity index (χ4v) is 5.75. The van der Waals surface area contributed by atoms with Crippen molar-refractivity contribution in [1.82, 2.24) is 10.2 Å². The molecule has 1 unspecified atom stereocenters. The van der Waals surface area contributed by atoms with Crippen molar-refractivity contribution in [1.29, 1.82) is 5.41 Å². The number of amides is 1. The third-order valence-corrected chi connectivity index (χ3v) is 8.33. The number of nitrogens with two attached hydrogens (primary N) is 1. The number of aliphatic carboxylic acids is 1. The number of hydrogen-bond acceptors (Lipinski definition) is 8. The molecule has 2 aromatic carbocycles. The van der Waals surface area contributed by atoms with Gasteiger partial charge in [-0.25, -0.2) is 13.2 Å². The summed E-state index contributed by atoms with van der Waals surface area (Å²) in [4.78, 5) is 25.1. The first-order chi connectivity index (χ1) is 18.2. The monoisotopic (exact) mass is 586 g/mol. The first-order valence-corrected chi connectivity index (χ1v) is 13.7. The smallest absolute Gasteiger partial charge is 0.490 e. The Morgan fingerprint density at radius 3 is 2.46 bits per heavy atom. The van der Waals surface area contributed by atoms with E-state index < -0.39 is 28.0 Å². The average molecular weight is 587 g/mol. The van der Waals surface area contributed by atoms with Crippen molar-refractivity contribution < 1.29 is 41.0 Å². The lowest BCUT2D eigenvalue weighted by Gasteiger charge is -2.16. The van der Waals surface area contributed by atoms with Crippen LogP contribution in [0.5, 0.6) is 5.75 Å². The standard InChI is InChI=1S/C22H24N4O4S2.C2HF3O2/c1-30-16-4-2-14-3-6-18(11-15(14)10-16)32(28,29)13-25-19-8-9-26(22(19)27)12-17-5-7-20(31-17)21(23)24;3-2(4,5)1(6)7/h2-7,10-11,19,25H,8-9,12-13H2,1H3,(H3,23,24);(H,6,7). The van der Waals surface area contributed by atoms with Gasteiger partial charge < -0.3 is 20.5 Å². The number of likely N-dealkylation sites (tertiary alicyclic amines) is 1. The zero-order valence-corrected chi connectivity index (χ0v) is 22.1. The largest absolute Gasteiger partial charge is 0.497 e. The van der Waals surface area contributed by atoms with Crippen LogP contribution in [0.15, 0.2) is 53.4 Å². The molecule has 4 rings (SSSR count). The van der Waals surface area contributed by atoms with E-state index in [1.807, 2.05) is 18.2 Å². The fourth-order valence-electron chi connectivity index (χ4n) is 3.70. The number of carbonyl (C=O) groups is 2. The molecule has 3 aromatic rings. The molecule has 10 nitrogen and oxygen atoms in total. The molecule has 0 bridgehead atoms. The van der Waals surface area contributed by atoms with Crippen molar-refractivity contribution in [3.05, 3.63) is 58.3 Å².